The maximum Gasteiger partial charge on any atom is 0.261 e. The molecule has 3 rings (SSSR count). The first kappa shape index (κ1) is 21.7. The number of carbonyl (C=O) groups is 1. The number of aryl methyl sites for hydroxylation is 1. The first-order valence-electron chi connectivity index (χ1n) is 9.21. The third-order valence-corrected chi connectivity index (χ3v) is 5.92. The molecule has 156 valence electrons. The Morgan fingerprint density at radius 2 is 1.63 bits per heavy atom. The lowest BCUT2D eigenvalue weighted by atomic mass is 10.1. The smallest absolute Gasteiger partial charge is 0.261 e. The third kappa shape index (κ3) is 5.52. The normalized spacial score (nSPS) is 11.0. The van der Waals surface area contributed by atoms with Crippen molar-refractivity contribution in [2.75, 3.05) is 17.9 Å². The van der Waals surface area contributed by atoms with E-state index >= 15 is 0 Å². The van der Waals surface area contributed by atoms with Gasteiger partial charge in [-0.25, -0.2) is 8.42 Å². The Morgan fingerprint density at radius 1 is 0.967 bits per heavy atom. The van der Waals surface area contributed by atoms with Gasteiger partial charge in [0.25, 0.3) is 15.9 Å². The van der Waals surface area contributed by atoms with Crippen LogP contribution in [-0.4, -0.2) is 27.5 Å². The summed E-state index contributed by atoms with van der Waals surface area (Å²) in [7, 11) is -3.82. The standard InChI is InChI=1S/C22H21ClN2O4S/c1-16-10-12-17(13-11-16)30(27,28)25-20-8-4-2-6-18(20)22(26)24-14-15-29-21-9-5-3-7-19(21)23/h2-13,25H,14-15H2,1H3,(H,24,26). The molecule has 8 heteroatoms. The van der Waals surface area contributed by atoms with Crippen LogP contribution < -0.4 is 14.8 Å². The molecule has 3 aromatic carbocycles. The van der Waals surface area contributed by atoms with Gasteiger partial charge in [0.15, 0.2) is 0 Å². The number of hydrogen-bond donors (Lipinski definition) is 2. The van der Waals surface area contributed by atoms with Crippen molar-refractivity contribution in [3.63, 3.8) is 0 Å². The molecule has 1 amide bonds. The first-order chi connectivity index (χ1) is 14.4. The van der Waals surface area contributed by atoms with Crippen molar-refractivity contribution in [3.05, 3.63) is 88.9 Å². The molecule has 0 bridgehead atoms. The Balaban J connectivity index is 1.65. The van der Waals surface area contributed by atoms with E-state index in [2.05, 4.69) is 10.0 Å². The lowest BCUT2D eigenvalue weighted by molar-refractivity contribution is 0.0948. The topological polar surface area (TPSA) is 84.5 Å². The van der Waals surface area contributed by atoms with Crippen molar-refractivity contribution < 1.29 is 17.9 Å². The molecular formula is C22H21ClN2O4S. The molecule has 0 fully saturated rings. The molecule has 0 heterocycles. The number of halogens is 1. The number of anilines is 1. The quantitative estimate of drug-likeness (QED) is 0.508. The largest absolute Gasteiger partial charge is 0.490 e. The highest BCUT2D eigenvalue weighted by Gasteiger charge is 2.18. The van der Waals surface area contributed by atoms with E-state index in [9.17, 15) is 13.2 Å². The number of sulfonamides is 1. The van der Waals surface area contributed by atoms with E-state index in [1.165, 1.54) is 12.1 Å². The summed E-state index contributed by atoms with van der Waals surface area (Å²) in [5.41, 5.74) is 1.36. The summed E-state index contributed by atoms with van der Waals surface area (Å²) in [6.07, 6.45) is 0. The minimum Gasteiger partial charge on any atom is -0.490 e. The van der Waals surface area contributed by atoms with E-state index in [0.717, 1.165) is 5.56 Å². The number of amides is 1. The molecular weight excluding hydrogens is 424 g/mol. The molecule has 0 unspecified atom stereocenters. The molecule has 0 spiro atoms. The SMILES string of the molecule is Cc1ccc(S(=O)(=O)Nc2ccccc2C(=O)NCCOc2ccccc2Cl)cc1. The second kappa shape index (κ2) is 9.65. The van der Waals surface area contributed by atoms with Gasteiger partial charge in [-0.2, -0.15) is 0 Å². The number of carbonyl (C=O) groups excluding carboxylic acids is 1. The second-order valence-corrected chi connectivity index (χ2v) is 8.59. The molecule has 3 aromatic rings. The van der Waals surface area contributed by atoms with Crippen molar-refractivity contribution in [1.29, 1.82) is 0 Å². The van der Waals surface area contributed by atoms with Crippen LogP contribution in [-0.2, 0) is 10.0 Å². The van der Waals surface area contributed by atoms with Crippen molar-refractivity contribution in [2.45, 2.75) is 11.8 Å². The van der Waals surface area contributed by atoms with Gasteiger partial charge in [-0.05, 0) is 43.3 Å². The highest BCUT2D eigenvalue weighted by atomic mass is 35.5. The number of nitrogens with one attached hydrogen (secondary N) is 2. The summed E-state index contributed by atoms with van der Waals surface area (Å²) in [6, 6.07) is 19.9. The fraction of sp³-hybridized carbons (Fsp3) is 0.136. The summed E-state index contributed by atoms with van der Waals surface area (Å²) in [5.74, 6) is 0.111. The van der Waals surface area contributed by atoms with Crippen molar-refractivity contribution in [2.24, 2.45) is 0 Å². The van der Waals surface area contributed by atoms with Gasteiger partial charge in [0.2, 0.25) is 0 Å². The van der Waals surface area contributed by atoms with Gasteiger partial charge in [0, 0.05) is 0 Å². The molecule has 0 saturated carbocycles. The molecule has 0 aliphatic heterocycles. The van der Waals surface area contributed by atoms with Crippen LogP contribution in [0.5, 0.6) is 5.75 Å². The van der Waals surface area contributed by atoms with Crippen LogP contribution in [0.1, 0.15) is 15.9 Å². The minimum absolute atomic E-state index is 0.122. The zero-order valence-electron chi connectivity index (χ0n) is 16.3. The Labute approximate surface area is 180 Å². The Kier molecular flexibility index (Phi) is 6.97. The van der Waals surface area contributed by atoms with Crippen LogP contribution in [0, 0.1) is 6.92 Å². The zero-order valence-corrected chi connectivity index (χ0v) is 17.8. The van der Waals surface area contributed by atoms with E-state index in [-0.39, 0.29) is 29.3 Å². The molecule has 0 aliphatic rings. The highest BCUT2D eigenvalue weighted by Crippen LogP contribution is 2.23. The number of hydrogen-bond acceptors (Lipinski definition) is 4. The van der Waals surface area contributed by atoms with Crippen molar-refractivity contribution >= 4 is 33.2 Å². The maximum atomic E-state index is 12.7. The second-order valence-electron chi connectivity index (χ2n) is 6.50. The van der Waals surface area contributed by atoms with E-state index < -0.39 is 15.9 Å². The Morgan fingerprint density at radius 3 is 2.37 bits per heavy atom. The monoisotopic (exact) mass is 444 g/mol. The molecule has 0 aliphatic carbocycles. The van der Waals surface area contributed by atoms with Crippen LogP contribution in [0.2, 0.25) is 5.02 Å². The van der Waals surface area contributed by atoms with E-state index in [1.807, 2.05) is 6.92 Å². The zero-order chi connectivity index (χ0) is 21.6. The fourth-order valence-electron chi connectivity index (χ4n) is 2.67. The molecule has 0 atom stereocenters. The molecule has 0 radical (unpaired) electrons. The minimum atomic E-state index is -3.82. The van der Waals surface area contributed by atoms with E-state index in [4.69, 9.17) is 16.3 Å². The van der Waals surface area contributed by atoms with Crippen molar-refractivity contribution in [3.8, 4) is 5.75 Å². The predicted octanol–water partition coefficient (Wildman–Crippen LogP) is 4.26. The number of para-hydroxylation sites is 2. The summed E-state index contributed by atoms with van der Waals surface area (Å²) >= 11 is 6.03. The van der Waals surface area contributed by atoms with Gasteiger partial charge in [0.1, 0.15) is 12.4 Å². The summed E-state index contributed by atoms with van der Waals surface area (Å²) in [4.78, 5) is 12.7. The summed E-state index contributed by atoms with van der Waals surface area (Å²) < 4.78 is 33.4. The van der Waals surface area contributed by atoms with E-state index in [0.29, 0.717) is 10.8 Å². The molecule has 6 nitrogen and oxygen atoms in total. The average Bonchev–Trinajstić information content (AvgIpc) is 2.72. The summed E-state index contributed by atoms with van der Waals surface area (Å²) in [5, 5.41) is 3.21. The van der Waals surface area contributed by atoms with Crippen LogP contribution in [0.15, 0.2) is 77.7 Å². The van der Waals surface area contributed by atoms with Gasteiger partial charge >= 0.3 is 0 Å². The van der Waals surface area contributed by atoms with Crippen LogP contribution in [0.25, 0.3) is 0 Å². The summed E-state index contributed by atoms with van der Waals surface area (Å²) in [6.45, 7) is 2.31. The van der Waals surface area contributed by atoms with Crippen LogP contribution in [0.4, 0.5) is 5.69 Å². The fourth-order valence-corrected chi connectivity index (χ4v) is 3.94. The van der Waals surface area contributed by atoms with E-state index in [1.54, 1.807) is 60.7 Å². The van der Waals surface area contributed by atoms with Gasteiger partial charge in [-0.15, -0.1) is 0 Å². The van der Waals surface area contributed by atoms with Crippen LogP contribution >= 0.6 is 11.6 Å². The average molecular weight is 445 g/mol. The first-order valence-corrected chi connectivity index (χ1v) is 11.1. The lowest BCUT2D eigenvalue weighted by Crippen LogP contribution is -2.29. The maximum absolute atomic E-state index is 12.7. The van der Waals surface area contributed by atoms with Crippen LogP contribution in [0.3, 0.4) is 0 Å². The van der Waals surface area contributed by atoms with Gasteiger partial charge in [-0.3, -0.25) is 9.52 Å². The highest BCUT2D eigenvalue weighted by molar-refractivity contribution is 7.92. The lowest BCUT2D eigenvalue weighted by Gasteiger charge is -2.13. The Bertz CT molecular complexity index is 1130. The molecule has 30 heavy (non-hydrogen) atoms. The number of rotatable bonds is 8. The van der Waals surface area contributed by atoms with Gasteiger partial charge < -0.3 is 10.1 Å². The number of ether oxygens (including phenoxy) is 1. The van der Waals surface area contributed by atoms with Gasteiger partial charge in [-0.1, -0.05) is 53.6 Å². The van der Waals surface area contributed by atoms with Gasteiger partial charge in [0.05, 0.1) is 27.7 Å². The third-order valence-electron chi connectivity index (χ3n) is 4.23. The Hall–Kier alpha value is -3.03. The molecule has 2 N–H and O–H groups in total. The molecule has 0 aromatic heterocycles. The molecule has 0 saturated heterocycles. The number of benzene rings is 3. The predicted molar refractivity (Wildman–Crippen MR) is 118 cm³/mol. The van der Waals surface area contributed by atoms with Crippen molar-refractivity contribution in [1.82, 2.24) is 5.32 Å².